The van der Waals surface area contributed by atoms with Gasteiger partial charge in [-0.05, 0) is 30.7 Å². The minimum Gasteiger partial charge on any atom is -0.508 e. The number of aryl methyl sites for hydroxylation is 1. The Morgan fingerprint density at radius 3 is 2.61 bits per heavy atom. The maximum absolute atomic E-state index is 12.9. The molecule has 6 heteroatoms. The Balaban J connectivity index is 2.56. The van der Waals surface area contributed by atoms with Crippen LogP contribution in [0.1, 0.15) is 12.5 Å². The van der Waals surface area contributed by atoms with Crippen molar-refractivity contribution in [3.63, 3.8) is 0 Å². The Morgan fingerprint density at radius 2 is 2.06 bits per heavy atom. The lowest BCUT2D eigenvalue weighted by atomic mass is 10.0. The molecule has 1 aromatic carbocycles. The molecule has 0 saturated carbocycles. The normalized spacial score (nSPS) is 11.8. The molecule has 0 unspecified atom stereocenters. The van der Waals surface area contributed by atoms with E-state index in [2.05, 4.69) is 5.10 Å². The molecule has 0 spiro atoms. The topological polar surface area (TPSA) is 38.0 Å². The molecular weight excluding hydrogens is 245 g/mol. The summed E-state index contributed by atoms with van der Waals surface area (Å²) in [4.78, 5) is 0. The summed E-state index contributed by atoms with van der Waals surface area (Å²) >= 11 is 0. The van der Waals surface area contributed by atoms with Gasteiger partial charge in [-0.1, -0.05) is 0 Å². The van der Waals surface area contributed by atoms with Crippen molar-refractivity contribution in [1.29, 1.82) is 0 Å². The molecular formula is C12H11F3N2O. The molecule has 2 rings (SSSR count). The van der Waals surface area contributed by atoms with Crippen molar-refractivity contribution in [2.24, 2.45) is 0 Å². The van der Waals surface area contributed by atoms with Gasteiger partial charge in [-0.2, -0.15) is 18.3 Å². The first-order valence-electron chi connectivity index (χ1n) is 5.35. The van der Waals surface area contributed by atoms with E-state index in [1.165, 1.54) is 18.3 Å². The fraction of sp³-hybridized carbons (Fsp3) is 0.250. The van der Waals surface area contributed by atoms with Gasteiger partial charge in [0.05, 0.1) is 11.8 Å². The number of benzene rings is 1. The van der Waals surface area contributed by atoms with Crippen LogP contribution in [0.25, 0.3) is 11.1 Å². The number of rotatable bonds is 2. The second-order valence-corrected chi connectivity index (χ2v) is 3.81. The third-order valence-electron chi connectivity index (χ3n) is 2.58. The molecule has 1 aromatic heterocycles. The number of phenols is 1. The molecule has 3 nitrogen and oxygen atoms in total. The van der Waals surface area contributed by atoms with Crippen molar-refractivity contribution in [1.82, 2.24) is 9.78 Å². The van der Waals surface area contributed by atoms with Gasteiger partial charge in [-0.15, -0.1) is 0 Å². The standard InChI is InChI=1S/C12H11F3N2O/c1-2-17-7-8(6-16-17)10-4-3-9(18)5-11(10)12(13,14)15/h3-7,18H,2H2,1H3. The molecule has 0 bridgehead atoms. The summed E-state index contributed by atoms with van der Waals surface area (Å²) in [6.07, 6.45) is -1.59. The maximum Gasteiger partial charge on any atom is 0.417 e. The van der Waals surface area contributed by atoms with E-state index in [-0.39, 0.29) is 5.56 Å². The van der Waals surface area contributed by atoms with E-state index in [1.54, 1.807) is 10.9 Å². The minimum absolute atomic E-state index is 0.0139. The Morgan fingerprint density at radius 1 is 1.33 bits per heavy atom. The van der Waals surface area contributed by atoms with Crippen LogP contribution >= 0.6 is 0 Å². The highest BCUT2D eigenvalue weighted by Gasteiger charge is 2.34. The van der Waals surface area contributed by atoms with Crippen molar-refractivity contribution in [3.05, 3.63) is 36.2 Å². The third kappa shape index (κ3) is 2.32. The van der Waals surface area contributed by atoms with Gasteiger partial charge in [-0.3, -0.25) is 4.68 Å². The molecule has 18 heavy (non-hydrogen) atoms. The number of nitrogens with zero attached hydrogens (tertiary/aromatic N) is 2. The van der Waals surface area contributed by atoms with Crippen LogP contribution in [0.15, 0.2) is 30.6 Å². The van der Waals surface area contributed by atoms with Crippen molar-refractivity contribution < 1.29 is 18.3 Å². The number of aromatic hydroxyl groups is 1. The van der Waals surface area contributed by atoms with Gasteiger partial charge in [0.2, 0.25) is 0 Å². The van der Waals surface area contributed by atoms with Crippen LogP contribution in [0.2, 0.25) is 0 Å². The van der Waals surface area contributed by atoms with Gasteiger partial charge >= 0.3 is 6.18 Å². The van der Waals surface area contributed by atoms with E-state index < -0.39 is 17.5 Å². The summed E-state index contributed by atoms with van der Waals surface area (Å²) in [5.41, 5.74) is -0.470. The van der Waals surface area contributed by atoms with Gasteiger partial charge in [0.1, 0.15) is 5.75 Å². The Hall–Kier alpha value is -1.98. The van der Waals surface area contributed by atoms with Crippen molar-refractivity contribution in [2.75, 3.05) is 0 Å². The molecule has 2 aromatic rings. The van der Waals surface area contributed by atoms with Gasteiger partial charge in [0.25, 0.3) is 0 Å². The number of hydrogen-bond donors (Lipinski definition) is 1. The van der Waals surface area contributed by atoms with Crippen molar-refractivity contribution in [3.8, 4) is 16.9 Å². The molecule has 0 radical (unpaired) electrons. The summed E-state index contributed by atoms with van der Waals surface area (Å²) in [6, 6.07) is 3.20. The molecule has 1 heterocycles. The first-order valence-corrected chi connectivity index (χ1v) is 5.35. The smallest absolute Gasteiger partial charge is 0.417 e. The second-order valence-electron chi connectivity index (χ2n) is 3.81. The predicted octanol–water partition coefficient (Wildman–Crippen LogP) is 3.29. The molecule has 0 aliphatic heterocycles. The van der Waals surface area contributed by atoms with Crippen LogP contribution in [0.4, 0.5) is 13.2 Å². The van der Waals surface area contributed by atoms with Crippen LogP contribution in [0, 0.1) is 0 Å². The van der Waals surface area contributed by atoms with Gasteiger partial charge < -0.3 is 5.11 Å². The van der Waals surface area contributed by atoms with Crippen LogP contribution < -0.4 is 0 Å². The van der Waals surface area contributed by atoms with E-state index in [0.717, 1.165) is 6.07 Å². The highest BCUT2D eigenvalue weighted by Crippen LogP contribution is 2.38. The lowest BCUT2D eigenvalue weighted by molar-refractivity contribution is -0.137. The van der Waals surface area contributed by atoms with Crippen molar-refractivity contribution >= 4 is 0 Å². The van der Waals surface area contributed by atoms with E-state index in [4.69, 9.17) is 0 Å². The van der Waals surface area contributed by atoms with E-state index >= 15 is 0 Å². The first-order chi connectivity index (χ1) is 8.41. The summed E-state index contributed by atoms with van der Waals surface area (Å²) < 4.78 is 40.1. The number of halogens is 3. The van der Waals surface area contributed by atoms with Gasteiger partial charge in [0.15, 0.2) is 0 Å². The molecule has 1 N–H and O–H groups in total. The van der Waals surface area contributed by atoms with Crippen LogP contribution in [0.3, 0.4) is 0 Å². The van der Waals surface area contributed by atoms with Crippen LogP contribution in [-0.2, 0) is 12.7 Å². The fourth-order valence-electron chi connectivity index (χ4n) is 1.69. The average molecular weight is 256 g/mol. The lowest BCUT2D eigenvalue weighted by Gasteiger charge is -2.11. The monoisotopic (exact) mass is 256 g/mol. The van der Waals surface area contributed by atoms with E-state index in [0.29, 0.717) is 12.1 Å². The molecule has 0 amide bonds. The zero-order valence-electron chi connectivity index (χ0n) is 9.57. The van der Waals surface area contributed by atoms with Gasteiger partial charge in [-0.25, -0.2) is 0 Å². The summed E-state index contributed by atoms with van der Waals surface area (Å²) in [5.74, 6) is -0.408. The highest BCUT2D eigenvalue weighted by molar-refractivity contribution is 5.67. The quantitative estimate of drug-likeness (QED) is 0.895. The fourth-order valence-corrected chi connectivity index (χ4v) is 1.69. The number of alkyl halides is 3. The van der Waals surface area contributed by atoms with Crippen LogP contribution in [0.5, 0.6) is 5.75 Å². The number of phenolic OH excluding ortho intramolecular Hbond substituents is 1. The average Bonchev–Trinajstić information content (AvgIpc) is 2.76. The predicted molar refractivity (Wildman–Crippen MR) is 60.0 cm³/mol. The maximum atomic E-state index is 12.9. The largest absolute Gasteiger partial charge is 0.508 e. The zero-order chi connectivity index (χ0) is 13.3. The summed E-state index contributed by atoms with van der Waals surface area (Å²) in [7, 11) is 0. The van der Waals surface area contributed by atoms with Crippen LogP contribution in [-0.4, -0.2) is 14.9 Å². The molecule has 0 fully saturated rings. The van der Waals surface area contributed by atoms with E-state index in [9.17, 15) is 18.3 Å². The zero-order valence-corrected chi connectivity index (χ0v) is 9.57. The number of aromatic nitrogens is 2. The summed E-state index contributed by atoms with van der Waals surface area (Å²) in [5, 5.41) is 13.1. The van der Waals surface area contributed by atoms with Crippen molar-refractivity contribution in [2.45, 2.75) is 19.6 Å². The second kappa shape index (κ2) is 4.36. The third-order valence-corrected chi connectivity index (χ3v) is 2.58. The highest BCUT2D eigenvalue weighted by atomic mass is 19.4. The van der Waals surface area contributed by atoms with E-state index in [1.807, 2.05) is 6.92 Å². The minimum atomic E-state index is -4.51. The lowest BCUT2D eigenvalue weighted by Crippen LogP contribution is -2.06. The summed E-state index contributed by atoms with van der Waals surface area (Å²) in [6.45, 7) is 2.43. The Labute approximate surface area is 101 Å². The first kappa shape index (κ1) is 12.5. The van der Waals surface area contributed by atoms with Gasteiger partial charge in [0, 0.05) is 18.3 Å². The molecule has 0 aliphatic rings. The molecule has 0 aliphatic carbocycles. The molecule has 0 saturated heterocycles. The Bertz CT molecular complexity index is 561. The SMILES string of the molecule is CCn1cc(-c2ccc(O)cc2C(F)(F)F)cn1. The Kier molecular flexibility index (Phi) is 3.02. The number of hydrogen-bond acceptors (Lipinski definition) is 2. The molecule has 96 valence electrons. The molecule has 0 atom stereocenters.